The van der Waals surface area contributed by atoms with Gasteiger partial charge in [0.2, 0.25) is 0 Å². The van der Waals surface area contributed by atoms with Gasteiger partial charge in [0.05, 0.1) is 26.4 Å². The van der Waals surface area contributed by atoms with Crippen LogP contribution in [-0.4, -0.2) is 33.4 Å². The highest BCUT2D eigenvalue weighted by atomic mass is 16.5. The summed E-state index contributed by atoms with van der Waals surface area (Å²) in [5.74, 6) is 5.51. The average Bonchev–Trinajstić information content (AvgIpc) is 2.40. The lowest BCUT2D eigenvalue weighted by atomic mass is 10.0. The van der Waals surface area contributed by atoms with Crippen LogP contribution in [0.15, 0.2) is 24.0 Å². The molecule has 0 bridgehead atoms. The number of allylic oxidation sites excluding steroid dienone is 1. The summed E-state index contributed by atoms with van der Waals surface area (Å²) in [6.45, 7) is 3.66. The molecule has 0 aromatic carbocycles. The van der Waals surface area contributed by atoms with Crippen molar-refractivity contribution < 1.29 is 19.0 Å². The average molecular weight is 252 g/mol. The second kappa shape index (κ2) is 9.32. The zero-order valence-corrected chi connectivity index (χ0v) is 11.5. The molecule has 0 rings (SSSR count). The van der Waals surface area contributed by atoms with E-state index in [9.17, 15) is 4.79 Å². The summed E-state index contributed by atoms with van der Waals surface area (Å²) in [7, 11) is 4.42. The number of carbonyl (C=O) groups is 1. The summed E-state index contributed by atoms with van der Waals surface area (Å²) in [5.41, 5.74) is 0. The molecule has 0 aliphatic carbocycles. The molecule has 0 aliphatic rings. The molecule has 4 heteroatoms. The monoisotopic (exact) mass is 252 g/mol. The number of hydrogen-bond acceptors (Lipinski definition) is 4. The Kier molecular flexibility index (Phi) is 8.42. The van der Waals surface area contributed by atoms with E-state index in [2.05, 4.69) is 16.6 Å². The molecule has 0 unspecified atom stereocenters. The summed E-state index contributed by atoms with van der Waals surface area (Å²) in [5, 5.41) is 0. The molecule has 0 heterocycles. The SMILES string of the molecule is CC#C/C=C/[C@H](OC)[C@@H](C)/C(=C\C(=O)OC)OC. The summed E-state index contributed by atoms with van der Waals surface area (Å²) < 4.78 is 15.1. The number of hydrogen-bond donors (Lipinski definition) is 0. The molecular weight excluding hydrogens is 232 g/mol. The Morgan fingerprint density at radius 3 is 2.33 bits per heavy atom. The lowest BCUT2D eigenvalue weighted by Gasteiger charge is -2.21. The van der Waals surface area contributed by atoms with Gasteiger partial charge in [0.15, 0.2) is 0 Å². The van der Waals surface area contributed by atoms with Crippen molar-refractivity contribution in [1.82, 2.24) is 0 Å². The number of esters is 1. The van der Waals surface area contributed by atoms with Crippen molar-refractivity contribution in [2.24, 2.45) is 5.92 Å². The maximum absolute atomic E-state index is 11.2. The van der Waals surface area contributed by atoms with E-state index < -0.39 is 5.97 Å². The highest BCUT2D eigenvalue weighted by molar-refractivity contribution is 5.82. The fourth-order valence-corrected chi connectivity index (χ4v) is 1.39. The largest absolute Gasteiger partial charge is 0.500 e. The van der Waals surface area contributed by atoms with Gasteiger partial charge in [-0.1, -0.05) is 12.8 Å². The van der Waals surface area contributed by atoms with Crippen molar-refractivity contribution in [1.29, 1.82) is 0 Å². The van der Waals surface area contributed by atoms with E-state index in [0.29, 0.717) is 5.76 Å². The molecule has 0 aliphatic heterocycles. The normalized spacial score (nSPS) is 14.6. The van der Waals surface area contributed by atoms with E-state index >= 15 is 0 Å². The van der Waals surface area contributed by atoms with Crippen LogP contribution in [0.4, 0.5) is 0 Å². The molecule has 0 aromatic heterocycles. The second-order valence-corrected chi connectivity index (χ2v) is 3.52. The van der Waals surface area contributed by atoms with Gasteiger partial charge < -0.3 is 14.2 Å². The van der Waals surface area contributed by atoms with Crippen molar-refractivity contribution in [2.75, 3.05) is 21.3 Å². The lowest BCUT2D eigenvalue weighted by molar-refractivity contribution is -0.135. The molecule has 0 spiro atoms. The highest BCUT2D eigenvalue weighted by Gasteiger charge is 2.20. The summed E-state index contributed by atoms with van der Waals surface area (Å²) in [6, 6.07) is 0. The minimum atomic E-state index is -0.453. The van der Waals surface area contributed by atoms with E-state index in [-0.39, 0.29) is 12.0 Å². The molecule has 100 valence electrons. The number of rotatable bonds is 6. The molecule has 0 fully saturated rings. The molecule has 18 heavy (non-hydrogen) atoms. The van der Waals surface area contributed by atoms with Crippen LogP contribution in [0.5, 0.6) is 0 Å². The topological polar surface area (TPSA) is 44.8 Å². The molecule has 0 saturated carbocycles. The Balaban J connectivity index is 4.91. The van der Waals surface area contributed by atoms with Gasteiger partial charge in [-0.25, -0.2) is 4.79 Å². The summed E-state index contributed by atoms with van der Waals surface area (Å²) in [4.78, 5) is 11.2. The number of ether oxygens (including phenoxy) is 3. The van der Waals surface area contributed by atoms with Gasteiger partial charge in [-0.3, -0.25) is 0 Å². The van der Waals surface area contributed by atoms with Crippen LogP contribution < -0.4 is 0 Å². The van der Waals surface area contributed by atoms with Gasteiger partial charge in [0, 0.05) is 13.0 Å². The van der Waals surface area contributed by atoms with E-state index in [1.807, 2.05) is 13.0 Å². The zero-order valence-electron chi connectivity index (χ0n) is 11.5. The molecule has 2 atom stereocenters. The third-order valence-corrected chi connectivity index (χ3v) is 2.42. The third-order valence-electron chi connectivity index (χ3n) is 2.42. The fraction of sp³-hybridized carbons (Fsp3) is 0.500. The van der Waals surface area contributed by atoms with Crippen molar-refractivity contribution in [3.8, 4) is 11.8 Å². The fourth-order valence-electron chi connectivity index (χ4n) is 1.39. The second-order valence-electron chi connectivity index (χ2n) is 3.52. The van der Waals surface area contributed by atoms with Gasteiger partial charge in [-0.2, -0.15) is 0 Å². The predicted octanol–water partition coefficient (Wildman–Crippen LogP) is 1.92. The van der Waals surface area contributed by atoms with E-state index in [0.717, 1.165) is 0 Å². The van der Waals surface area contributed by atoms with Gasteiger partial charge in [0.1, 0.15) is 5.76 Å². The van der Waals surface area contributed by atoms with Gasteiger partial charge in [-0.15, -0.1) is 5.92 Å². The maximum atomic E-state index is 11.2. The van der Waals surface area contributed by atoms with Crippen LogP contribution in [0, 0.1) is 17.8 Å². The molecule has 0 aromatic rings. The molecule has 4 nitrogen and oxygen atoms in total. The van der Waals surface area contributed by atoms with Crippen LogP contribution >= 0.6 is 0 Å². The molecule has 0 radical (unpaired) electrons. The Hall–Kier alpha value is -1.73. The Labute approximate surface area is 109 Å². The minimum absolute atomic E-state index is 0.117. The maximum Gasteiger partial charge on any atom is 0.333 e. The Morgan fingerprint density at radius 2 is 1.89 bits per heavy atom. The first-order valence-corrected chi connectivity index (χ1v) is 5.55. The predicted molar refractivity (Wildman–Crippen MR) is 69.7 cm³/mol. The van der Waals surface area contributed by atoms with E-state index in [1.54, 1.807) is 20.1 Å². The minimum Gasteiger partial charge on any atom is -0.500 e. The first-order valence-electron chi connectivity index (χ1n) is 5.55. The van der Waals surface area contributed by atoms with Gasteiger partial charge in [-0.05, 0) is 19.1 Å². The zero-order chi connectivity index (χ0) is 14.0. The summed E-state index contributed by atoms with van der Waals surface area (Å²) in [6.07, 6.45) is 4.64. The van der Waals surface area contributed by atoms with Crippen molar-refractivity contribution in [2.45, 2.75) is 20.0 Å². The van der Waals surface area contributed by atoms with Crippen LogP contribution in [0.2, 0.25) is 0 Å². The highest BCUT2D eigenvalue weighted by Crippen LogP contribution is 2.19. The van der Waals surface area contributed by atoms with Crippen LogP contribution in [0.3, 0.4) is 0 Å². The van der Waals surface area contributed by atoms with Crippen LogP contribution in [-0.2, 0) is 19.0 Å². The van der Waals surface area contributed by atoms with Gasteiger partial charge in [0.25, 0.3) is 0 Å². The van der Waals surface area contributed by atoms with Crippen molar-refractivity contribution in [3.05, 3.63) is 24.0 Å². The third kappa shape index (κ3) is 5.55. The summed E-state index contributed by atoms with van der Waals surface area (Å²) >= 11 is 0. The molecule has 0 N–H and O–H groups in total. The number of carbonyl (C=O) groups excluding carboxylic acids is 1. The Bertz CT molecular complexity index is 371. The number of methoxy groups -OCH3 is 3. The molecular formula is C14H20O4. The van der Waals surface area contributed by atoms with E-state index in [4.69, 9.17) is 9.47 Å². The van der Waals surface area contributed by atoms with Crippen LogP contribution in [0.25, 0.3) is 0 Å². The van der Waals surface area contributed by atoms with Crippen LogP contribution in [0.1, 0.15) is 13.8 Å². The lowest BCUT2D eigenvalue weighted by Crippen LogP contribution is -2.21. The first-order chi connectivity index (χ1) is 8.60. The first kappa shape index (κ1) is 16.3. The quantitative estimate of drug-likeness (QED) is 0.313. The smallest absolute Gasteiger partial charge is 0.333 e. The Morgan fingerprint density at radius 1 is 1.22 bits per heavy atom. The van der Waals surface area contributed by atoms with Crippen molar-refractivity contribution in [3.63, 3.8) is 0 Å². The molecule has 0 saturated heterocycles. The molecule has 0 amide bonds. The van der Waals surface area contributed by atoms with Gasteiger partial charge >= 0.3 is 5.97 Å². The van der Waals surface area contributed by atoms with Crippen molar-refractivity contribution >= 4 is 5.97 Å². The standard InChI is InChI=1S/C14H20O4/c1-6-7-8-9-12(16-3)11(2)13(17-4)10-14(15)18-5/h8-12H,1-5H3/b9-8+,13-10+/t11-,12+/m1/s1. The van der Waals surface area contributed by atoms with E-state index in [1.165, 1.54) is 20.3 Å².